The molecule has 0 aromatic heterocycles. The highest BCUT2D eigenvalue weighted by Gasteiger charge is 2.51. The maximum atomic E-state index is 14.3. The number of hydrazone groups is 1. The molecule has 1 aliphatic heterocycles. The first-order valence-corrected chi connectivity index (χ1v) is 17.7. The summed E-state index contributed by atoms with van der Waals surface area (Å²) < 4.78 is 69.0. The first-order valence-electron chi connectivity index (χ1n) is 16.8. The van der Waals surface area contributed by atoms with E-state index in [2.05, 4.69) is 10.1 Å². The predicted molar refractivity (Wildman–Crippen MR) is 195 cm³/mol. The van der Waals surface area contributed by atoms with Gasteiger partial charge in [-0.25, -0.2) is 18.2 Å². The number of ether oxygens (including phenoxy) is 4. The van der Waals surface area contributed by atoms with E-state index >= 15 is 0 Å². The molecule has 0 aliphatic carbocycles. The molecule has 4 unspecified atom stereocenters. The molecule has 5 atom stereocenters. The molecule has 52 heavy (non-hydrogen) atoms. The zero-order chi connectivity index (χ0) is 36.1. The summed E-state index contributed by atoms with van der Waals surface area (Å²) >= 11 is 1.50. The Labute approximate surface area is 305 Å². The second-order valence-corrected chi connectivity index (χ2v) is 13.3. The highest BCUT2D eigenvalue weighted by Crippen LogP contribution is 2.36. The lowest BCUT2D eigenvalue weighted by atomic mass is 9.96. The van der Waals surface area contributed by atoms with Crippen LogP contribution in [0.5, 0.6) is 0 Å². The summed E-state index contributed by atoms with van der Waals surface area (Å²) in [6, 6.07) is 40.2. The van der Waals surface area contributed by atoms with E-state index in [4.69, 9.17) is 24.8 Å². The summed E-state index contributed by atoms with van der Waals surface area (Å²) in [4.78, 5) is 4.33. The van der Waals surface area contributed by atoms with Crippen LogP contribution in [-0.2, 0) is 38.8 Å². The molecule has 0 radical (unpaired) electrons. The first kappa shape index (κ1) is 37.0. The number of hydrogen-bond acceptors (Lipinski definition) is 7. The van der Waals surface area contributed by atoms with Gasteiger partial charge in [0.2, 0.25) is 6.04 Å². The van der Waals surface area contributed by atoms with Gasteiger partial charge in [-0.2, -0.15) is 5.10 Å². The molecule has 1 saturated heterocycles. The van der Waals surface area contributed by atoms with Crippen molar-refractivity contribution in [2.45, 2.75) is 54.5 Å². The molecule has 0 spiro atoms. The van der Waals surface area contributed by atoms with E-state index in [0.717, 1.165) is 33.7 Å². The Bertz CT molecular complexity index is 1880. The number of thioether (sulfide) groups is 1. The number of benzene rings is 5. The number of nitrogens with one attached hydrogen (secondary N) is 1. The minimum absolute atomic E-state index is 0.0166. The van der Waals surface area contributed by atoms with Crippen molar-refractivity contribution in [3.63, 3.8) is 0 Å². The Morgan fingerprint density at radius 3 is 1.75 bits per heavy atom. The van der Waals surface area contributed by atoms with Gasteiger partial charge >= 0.3 is 0 Å². The van der Waals surface area contributed by atoms with E-state index in [1.807, 2.05) is 121 Å². The summed E-state index contributed by atoms with van der Waals surface area (Å²) in [6.07, 6.45) is -0.503. The molecule has 5 aromatic carbocycles. The largest absolute Gasteiger partial charge is 0.374 e. The summed E-state index contributed by atoms with van der Waals surface area (Å²) in [5, 5.41) is 3.78. The van der Waals surface area contributed by atoms with Crippen LogP contribution < -0.4 is 10.8 Å². The molecule has 0 saturated carbocycles. The molecule has 6 rings (SSSR count). The molecular weight excluding hydrogens is 688 g/mol. The fourth-order valence-electron chi connectivity index (χ4n) is 5.83. The average Bonchev–Trinajstić information content (AvgIpc) is 3.18. The minimum Gasteiger partial charge on any atom is -0.374 e. The summed E-state index contributed by atoms with van der Waals surface area (Å²) in [5.41, 5.74) is 2.25. The van der Waals surface area contributed by atoms with Gasteiger partial charge < -0.3 is 24.8 Å². The van der Waals surface area contributed by atoms with E-state index in [-0.39, 0.29) is 31.1 Å². The molecule has 7 nitrogen and oxygen atoms in total. The smallest absolute Gasteiger partial charge is 0.208 e. The third-order valence-electron chi connectivity index (χ3n) is 8.44. The molecule has 0 bridgehead atoms. The second-order valence-electron chi connectivity index (χ2n) is 12.1. The number of hydrogen-bond donors (Lipinski definition) is 2. The number of nitrogens with two attached hydrogens (primary N) is 1. The average molecular weight is 727 g/mol. The van der Waals surface area contributed by atoms with Gasteiger partial charge in [-0.3, -0.25) is 0 Å². The van der Waals surface area contributed by atoms with Gasteiger partial charge in [0.05, 0.1) is 26.4 Å². The molecule has 1 heterocycles. The first-order chi connectivity index (χ1) is 25.5. The van der Waals surface area contributed by atoms with Crippen molar-refractivity contribution in [2.75, 3.05) is 6.61 Å². The van der Waals surface area contributed by atoms with Crippen molar-refractivity contribution >= 4 is 23.7 Å². The van der Waals surface area contributed by atoms with Crippen molar-refractivity contribution in [2.24, 2.45) is 10.9 Å². The van der Waals surface area contributed by atoms with E-state index in [9.17, 15) is 13.2 Å². The van der Waals surface area contributed by atoms with Gasteiger partial charge in [-0.15, -0.1) is 0 Å². The van der Waals surface area contributed by atoms with Crippen LogP contribution in [0.1, 0.15) is 22.3 Å². The molecule has 1 fully saturated rings. The Morgan fingerprint density at radius 1 is 0.712 bits per heavy atom. The van der Waals surface area contributed by atoms with Crippen LogP contribution in [0.4, 0.5) is 13.2 Å². The number of nitrogens with zero attached hydrogens (tertiary/aromatic N) is 1. The van der Waals surface area contributed by atoms with Crippen LogP contribution in [0.3, 0.4) is 0 Å². The molecule has 1 aliphatic rings. The molecule has 11 heteroatoms. The lowest BCUT2D eigenvalue weighted by Gasteiger charge is -2.42. The van der Waals surface area contributed by atoms with Crippen molar-refractivity contribution < 1.29 is 37.1 Å². The highest BCUT2D eigenvalue weighted by atomic mass is 32.2. The van der Waals surface area contributed by atoms with Crippen LogP contribution in [0.2, 0.25) is 0 Å². The predicted octanol–water partition coefficient (Wildman–Crippen LogP) is 6.19. The van der Waals surface area contributed by atoms with Crippen LogP contribution >= 0.6 is 11.8 Å². The summed E-state index contributed by atoms with van der Waals surface area (Å²) in [5.74, 6) is 1.43. The highest BCUT2D eigenvalue weighted by molar-refractivity contribution is 7.99. The fourth-order valence-corrected chi connectivity index (χ4v) is 7.00. The number of halogens is 3. The Kier molecular flexibility index (Phi) is 13.3. The molecular formula is C41H39F3N3O4S+. The van der Waals surface area contributed by atoms with Gasteiger partial charge in [0.15, 0.2) is 41.6 Å². The lowest BCUT2D eigenvalue weighted by Crippen LogP contribution is -2.88. The fraction of sp³-hybridized carbons (Fsp3) is 0.220. The molecule has 5 aromatic rings. The standard InChI is InChI=1S/C41H38F3N3O4S/c42-33-21-31(22-34(43)37(33)44)35(47-45)23-46-38-39(49-25-29-15-7-2-8-16-29)36(27-48-24-28-13-5-1-6-14-28)51-41(52-32-19-11-4-12-20-32)40(38)50-26-30-17-9-3-10-18-30/h1-23,36,38-41H,24-27,45H2/p+1/t36?,38?,39-,40?,41?/m0/s1. The summed E-state index contributed by atoms with van der Waals surface area (Å²) in [7, 11) is 0. The van der Waals surface area contributed by atoms with Crippen LogP contribution in [0, 0.1) is 17.5 Å². The third kappa shape index (κ3) is 9.96. The van der Waals surface area contributed by atoms with Crippen LogP contribution in [0.25, 0.3) is 0 Å². The van der Waals surface area contributed by atoms with Crippen LogP contribution in [0.15, 0.2) is 143 Å². The zero-order valence-electron chi connectivity index (χ0n) is 28.2. The molecule has 0 amide bonds. The SMILES string of the molecule is NN=C(C=[NH+]C1C(OCc2ccccc2)C(Sc2ccccc2)OC(COCc2ccccc2)[C@@H]1OCc1ccccc1)c1cc(F)c(F)c(F)c1. The van der Waals surface area contributed by atoms with Crippen molar-refractivity contribution in [1.82, 2.24) is 0 Å². The van der Waals surface area contributed by atoms with E-state index in [1.165, 1.54) is 18.0 Å². The Hall–Kier alpha value is -4.78. The van der Waals surface area contributed by atoms with Gasteiger partial charge in [-0.05, 0) is 41.0 Å². The maximum absolute atomic E-state index is 14.3. The van der Waals surface area contributed by atoms with E-state index in [1.54, 1.807) is 0 Å². The Balaban J connectivity index is 1.39. The normalized spacial score (nSPS) is 20.7. The van der Waals surface area contributed by atoms with E-state index < -0.39 is 47.2 Å². The monoisotopic (exact) mass is 726 g/mol. The maximum Gasteiger partial charge on any atom is 0.208 e. The van der Waals surface area contributed by atoms with Crippen molar-refractivity contribution in [1.29, 1.82) is 0 Å². The van der Waals surface area contributed by atoms with E-state index in [0.29, 0.717) is 6.61 Å². The van der Waals surface area contributed by atoms with Gasteiger partial charge in [0.25, 0.3) is 0 Å². The Morgan fingerprint density at radius 2 is 1.21 bits per heavy atom. The zero-order valence-corrected chi connectivity index (χ0v) is 29.0. The minimum atomic E-state index is -1.58. The molecule has 3 N–H and O–H groups in total. The van der Waals surface area contributed by atoms with Gasteiger partial charge in [0.1, 0.15) is 11.5 Å². The third-order valence-corrected chi connectivity index (χ3v) is 9.60. The van der Waals surface area contributed by atoms with Gasteiger partial charge in [-0.1, -0.05) is 121 Å². The van der Waals surface area contributed by atoms with Crippen molar-refractivity contribution in [3.8, 4) is 0 Å². The lowest BCUT2D eigenvalue weighted by molar-refractivity contribution is -0.541. The second kappa shape index (κ2) is 18.6. The van der Waals surface area contributed by atoms with Gasteiger partial charge in [0, 0.05) is 10.5 Å². The molecule has 268 valence electrons. The quantitative estimate of drug-likeness (QED) is 0.0579. The van der Waals surface area contributed by atoms with Crippen LogP contribution in [-0.4, -0.2) is 48.3 Å². The van der Waals surface area contributed by atoms with Crippen molar-refractivity contribution in [3.05, 3.63) is 173 Å². The number of rotatable bonds is 15. The topological polar surface area (TPSA) is 89.3 Å². The summed E-state index contributed by atoms with van der Waals surface area (Å²) in [6.45, 7) is 1.03.